The Labute approximate surface area is 144 Å². The van der Waals surface area contributed by atoms with E-state index in [2.05, 4.69) is 37.2 Å². The van der Waals surface area contributed by atoms with Gasteiger partial charge in [-0.2, -0.15) is 0 Å². The monoisotopic (exact) mass is 422 g/mol. The van der Waals surface area contributed by atoms with E-state index in [1.807, 2.05) is 18.2 Å². The third-order valence-corrected chi connectivity index (χ3v) is 4.66. The summed E-state index contributed by atoms with van der Waals surface area (Å²) >= 11 is 6.58. The summed E-state index contributed by atoms with van der Waals surface area (Å²) in [6, 6.07) is 9.19. The highest BCUT2D eigenvalue weighted by Crippen LogP contribution is 2.37. The van der Waals surface area contributed by atoms with Gasteiger partial charge in [-0.1, -0.05) is 6.07 Å². The Morgan fingerprint density at radius 3 is 2.50 bits per heavy atom. The average Bonchev–Trinajstić information content (AvgIpc) is 2.80. The lowest BCUT2D eigenvalue weighted by Gasteiger charge is -2.04. The summed E-state index contributed by atoms with van der Waals surface area (Å²) in [5, 5.41) is 12.6. The van der Waals surface area contributed by atoms with Crippen LogP contribution in [0.4, 0.5) is 5.69 Å². The molecule has 0 saturated heterocycles. The van der Waals surface area contributed by atoms with E-state index in [4.69, 9.17) is 5.73 Å². The molecule has 0 spiro atoms. The number of benzene rings is 2. The number of rotatable bonds is 2. The van der Waals surface area contributed by atoms with Crippen molar-refractivity contribution in [1.29, 1.82) is 0 Å². The topological polar surface area (TPSA) is 75.3 Å². The fourth-order valence-electron chi connectivity index (χ4n) is 2.34. The van der Waals surface area contributed by atoms with Gasteiger partial charge in [0.05, 0.1) is 8.95 Å². The first kappa shape index (κ1) is 15.3. The summed E-state index contributed by atoms with van der Waals surface area (Å²) in [6.07, 6.45) is 1.79. The van der Waals surface area contributed by atoms with Crippen molar-refractivity contribution in [1.82, 2.24) is 0 Å². The molecule has 0 saturated carbocycles. The summed E-state index contributed by atoms with van der Waals surface area (Å²) < 4.78 is 1.12. The molecule has 112 valence electrons. The number of hydrogen-bond donors (Lipinski definition) is 3. The lowest BCUT2D eigenvalue weighted by molar-refractivity contribution is -0.110. The van der Waals surface area contributed by atoms with E-state index in [1.165, 1.54) is 0 Å². The number of phenolic OH excluding ortho intramolecular Hbond substituents is 1. The van der Waals surface area contributed by atoms with Crippen LogP contribution in [0.3, 0.4) is 0 Å². The maximum atomic E-state index is 12.2. The van der Waals surface area contributed by atoms with Crippen molar-refractivity contribution in [2.24, 2.45) is 5.73 Å². The first-order valence-electron chi connectivity index (χ1n) is 6.54. The zero-order chi connectivity index (χ0) is 15.9. The van der Waals surface area contributed by atoms with Crippen molar-refractivity contribution in [3.05, 3.63) is 56.0 Å². The first-order valence-corrected chi connectivity index (χ1v) is 8.12. The fraction of sp³-hybridized carbons (Fsp3) is 0.0625. The van der Waals surface area contributed by atoms with Gasteiger partial charge in [0.1, 0.15) is 5.75 Å². The van der Waals surface area contributed by atoms with Crippen LogP contribution < -0.4 is 11.1 Å². The molecule has 0 aromatic heterocycles. The van der Waals surface area contributed by atoms with E-state index in [0.29, 0.717) is 21.1 Å². The second-order valence-corrected chi connectivity index (χ2v) is 6.64. The Balaban J connectivity index is 2.11. The molecule has 6 heteroatoms. The number of aromatic hydroxyl groups is 1. The largest absolute Gasteiger partial charge is 0.506 e. The van der Waals surface area contributed by atoms with E-state index in [-0.39, 0.29) is 11.7 Å². The molecule has 1 aliphatic heterocycles. The van der Waals surface area contributed by atoms with E-state index in [9.17, 15) is 9.90 Å². The Morgan fingerprint density at radius 2 is 1.86 bits per heavy atom. The van der Waals surface area contributed by atoms with Gasteiger partial charge in [0.15, 0.2) is 0 Å². The molecule has 2 aromatic carbocycles. The summed E-state index contributed by atoms with van der Waals surface area (Å²) in [5.74, 6) is -0.0201. The highest BCUT2D eigenvalue weighted by molar-refractivity contribution is 9.11. The van der Waals surface area contributed by atoms with Gasteiger partial charge in [0.2, 0.25) is 0 Å². The van der Waals surface area contributed by atoms with Crippen LogP contribution in [0.1, 0.15) is 16.7 Å². The van der Waals surface area contributed by atoms with Gasteiger partial charge in [-0.05, 0) is 73.3 Å². The van der Waals surface area contributed by atoms with Crippen LogP contribution in [-0.4, -0.2) is 11.0 Å². The van der Waals surface area contributed by atoms with Gasteiger partial charge < -0.3 is 16.2 Å². The van der Waals surface area contributed by atoms with Crippen molar-refractivity contribution in [2.75, 3.05) is 5.32 Å². The summed E-state index contributed by atoms with van der Waals surface area (Å²) in [5.41, 5.74) is 9.64. The number of amides is 1. The number of nitrogens with one attached hydrogen (secondary N) is 1. The molecular weight excluding hydrogens is 412 g/mol. The number of hydrogen-bond acceptors (Lipinski definition) is 3. The summed E-state index contributed by atoms with van der Waals surface area (Å²) in [7, 11) is 0. The van der Waals surface area contributed by atoms with Crippen LogP contribution in [0.5, 0.6) is 5.75 Å². The minimum atomic E-state index is -0.149. The predicted molar refractivity (Wildman–Crippen MR) is 94.3 cm³/mol. The lowest BCUT2D eigenvalue weighted by Crippen LogP contribution is -2.03. The highest BCUT2D eigenvalue weighted by atomic mass is 79.9. The fourth-order valence-corrected chi connectivity index (χ4v) is 3.56. The number of carbonyl (C=O) groups is 1. The standard InChI is InChI=1S/C16H12Br2N2O2/c17-12-5-9(6-13(18)15(12)21)4-11-10-3-8(7-19)1-2-14(10)20-16(11)22/h1-6,21H,7,19H2,(H,20,22). The molecule has 2 aromatic rings. The maximum Gasteiger partial charge on any atom is 0.256 e. The second-order valence-electron chi connectivity index (χ2n) is 4.93. The average molecular weight is 424 g/mol. The summed E-state index contributed by atoms with van der Waals surface area (Å²) in [6.45, 7) is 0.422. The van der Waals surface area contributed by atoms with Gasteiger partial charge in [0.25, 0.3) is 5.91 Å². The van der Waals surface area contributed by atoms with Crippen molar-refractivity contribution in [3.63, 3.8) is 0 Å². The number of anilines is 1. The number of halogens is 2. The minimum Gasteiger partial charge on any atom is -0.506 e. The molecule has 4 nitrogen and oxygen atoms in total. The molecule has 1 amide bonds. The molecule has 0 atom stereocenters. The molecular formula is C16H12Br2N2O2. The zero-order valence-electron chi connectivity index (χ0n) is 11.4. The molecule has 1 heterocycles. The third kappa shape index (κ3) is 2.69. The van der Waals surface area contributed by atoms with Crippen molar-refractivity contribution in [2.45, 2.75) is 6.54 Å². The maximum absolute atomic E-state index is 12.2. The van der Waals surface area contributed by atoms with E-state index in [0.717, 1.165) is 22.4 Å². The molecule has 0 unspecified atom stereocenters. The van der Waals surface area contributed by atoms with E-state index in [1.54, 1.807) is 18.2 Å². The molecule has 3 rings (SSSR count). The van der Waals surface area contributed by atoms with Gasteiger partial charge in [-0.25, -0.2) is 0 Å². The minimum absolute atomic E-state index is 0.129. The number of carbonyl (C=O) groups excluding carboxylic acids is 1. The molecule has 0 aliphatic carbocycles. The second kappa shape index (κ2) is 5.87. The molecule has 0 radical (unpaired) electrons. The Kier molecular flexibility index (Phi) is 4.08. The lowest BCUT2D eigenvalue weighted by atomic mass is 10.0. The molecule has 0 fully saturated rings. The molecule has 1 aliphatic rings. The number of phenols is 1. The smallest absolute Gasteiger partial charge is 0.256 e. The molecule has 4 N–H and O–H groups in total. The molecule has 22 heavy (non-hydrogen) atoms. The van der Waals surface area contributed by atoms with Crippen LogP contribution in [-0.2, 0) is 11.3 Å². The van der Waals surface area contributed by atoms with E-state index >= 15 is 0 Å². The third-order valence-electron chi connectivity index (χ3n) is 3.45. The zero-order valence-corrected chi connectivity index (χ0v) is 14.5. The number of nitrogens with two attached hydrogens (primary N) is 1. The van der Waals surface area contributed by atoms with Crippen molar-refractivity contribution < 1.29 is 9.90 Å². The highest BCUT2D eigenvalue weighted by Gasteiger charge is 2.24. The Hall–Kier alpha value is -1.63. The van der Waals surface area contributed by atoms with Crippen LogP contribution in [0.25, 0.3) is 11.6 Å². The van der Waals surface area contributed by atoms with Crippen molar-refractivity contribution >= 4 is 55.1 Å². The SMILES string of the molecule is NCc1ccc2c(c1)C(=Cc1cc(Br)c(O)c(Br)c1)C(=O)N2. The van der Waals surface area contributed by atoms with Gasteiger partial charge in [-0.15, -0.1) is 0 Å². The van der Waals surface area contributed by atoms with Crippen LogP contribution in [0.2, 0.25) is 0 Å². The quantitative estimate of drug-likeness (QED) is 0.641. The van der Waals surface area contributed by atoms with Crippen molar-refractivity contribution in [3.8, 4) is 5.75 Å². The Bertz CT molecular complexity index is 793. The predicted octanol–water partition coefficient (Wildman–Crippen LogP) is 3.87. The first-order chi connectivity index (χ1) is 10.5. The Morgan fingerprint density at radius 1 is 1.18 bits per heavy atom. The van der Waals surface area contributed by atoms with Crippen LogP contribution >= 0.6 is 31.9 Å². The van der Waals surface area contributed by atoms with Gasteiger partial charge >= 0.3 is 0 Å². The van der Waals surface area contributed by atoms with Gasteiger partial charge in [0, 0.05) is 23.4 Å². The van der Waals surface area contributed by atoms with Crippen LogP contribution in [0, 0.1) is 0 Å². The van der Waals surface area contributed by atoms with E-state index < -0.39 is 0 Å². The van der Waals surface area contributed by atoms with Crippen LogP contribution in [0.15, 0.2) is 39.3 Å². The normalized spacial score (nSPS) is 15.0. The summed E-state index contributed by atoms with van der Waals surface area (Å²) in [4.78, 5) is 12.2. The number of fused-ring (bicyclic) bond motifs is 1. The molecule has 0 bridgehead atoms. The van der Waals surface area contributed by atoms with Gasteiger partial charge in [-0.3, -0.25) is 4.79 Å².